The normalized spacial score (nSPS) is 15.4. The molecule has 0 saturated carbocycles. The first-order valence-corrected chi connectivity index (χ1v) is 12.4. The van der Waals surface area contributed by atoms with Gasteiger partial charge in [-0.2, -0.15) is 9.50 Å². The molecule has 184 valence electrons. The van der Waals surface area contributed by atoms with Crippen LogP contribution in [0, 0.1) is 5.82 Å². The molecule has 0 bridgehead atoms. The molecule has 1 aliphatic rings. The number of nitrogens with zero attached hydrogens (tertiary/aromatic N) is 5. The molecule has 0 spiro atoms. The number of anilines is 1. The SMILES string of the molecule is COc1ccc(N2CCN([C@H](c3cccc(F)c3)c3sc4nc(-c5ccco5)nn4c3O)CC2)cc1. The largest absolute Gasteiger partial charge is 0.497 e. The van der Waals surface area contributed by atoms with Crippen LogP contribution in [0.3, 0.4) is 0 Å². The first-order valence-electron chi connectivity index (χ1n) is 11.6. The number of benzene rings is 2. The minimum Gasteiger partial charge on any atom is -0.497 e. The summed E-state index contributed by atoms with van der Waals surface area (Å²) in [5.41, 5.74) is 1.91. The van der Waals surface area contributed by atoms with E-state index in [1.807, 2.05) is 18.2 Å². The van der Waals surface area contributed by atoms with Gasteiger partial charge in [-0.05, 0) is 54.1 Å². The summed E-state index contributed by atoms with van der Waals surface area (Å²) >= 11 is 1.35. The second kappa shape index (κ2) is 9.29. The van der Waals surface area contributed by atoms with Gasteiger partial charge >= 0.3 is 0 Å². The van der Waals surface area contributed by atoms with E-state index in [0.717, 1.165) is 43.2 Å². The number of hydrogen-bond acceptors (Lipinski definition) is 8. The van der Waals surface area contributed by atoms with Crippen LogP contribution in [0.4, 0.5) is 10.1 Å². The van der Waals surface area contributed by atoms with E-state index < -0.39 is 0 Å². The smallest absolute Gasteiger partial charge is 0.230 e. The van der Waals surface area contributed by atoms with Crippen molar-refractivity contribution in [3.05, 3.63) is 83.2 Å². The van der Waals surface area contributed by atoms with E-state index in [2.05, 4.69) is 32.0 Å². The number of halogens is 1. The lowest BCUT2D eigenvalue weighted by Crippen LogP contribution is -2.47. The highest BCUT2D eigenvalue weighted by Gasteiger charge is 2.32. The summed E-state index contributed by atoms with van der Waals surface area (Å²) in [5.74, 6) is 1.46. The molecular weight excluding hydrogens is 481 g/mol. The number of fused-ring (bicyclic) bond motifs is 1. The number of hydrogen-bond donors (Lipinski definition) is 1. The Kier molecular flexibility index (Phi) is 5.82. The molecule has 0 aliphatic carbocycles. The van der Waals surface area contributed by atoms with Crippen molar-refractivity contribution in [1.29, 1.82) is 0 Å². The number of piperazine rings is 1. The number of methoxy groups -OCH3 is 1. The minimum absolute atomic E-state index is 0.00662. The van der Waals surface area contributed by atoms with Crippen molar-refractivity contribution >= 4 is 22.0 Å². The van der Waals surface area contributed by atoms with Crippen LogP contribution >= 0.6 is 11.3 Å². The lowest BCUT2D eigenvalue weighted by molar-refractivity contribution is 0.211. The van der Waals surface area contributed by atoms with Crippen LogP contribution in [0.25, 0.3) is 16.5 Å². The molecule has 8 nitrogen and oxygen atoms in total. The van der Waals surface area contributed by atoms with Gasteiger partial charge in [-0.25, -0.2) is 4.39 Å². The predicted octanol–water partition coefficient (Wildman–Crippen LogP) is 4.82. The lowest BCUT2D eigenvalue weighted by Gasteiger charge is -2.40. The topological polar surface area (TPSA) is 79.3 Å². The Balaban J connectivity index is 1.31. The molecule has 1 fully saturated rings. The van der Waals surface area contributed by atoms with Crippen molar-refractivity contribution < 1.29 is 18.7 Å². The Morgan fingerprint density at radius 2 is 1.86 bits per heavy atom. The molecule has 6 rings (SSSR count). The highest BCUT2D eigenvalue weighted by Crippen LogP contribution is 2.41. The highest BCUT2D eigenvalue weighted by atomic mass is 32.1. The lowest BCUT2D eigenvalue weighted by atomic mass is 10.0. The van der Waals surface area contributed by atoms with E-state index in [1.165, 1.54) is 28.0 Å². The number of rotatable bonds is 6. The maximum Gasteiger partial charge on any atom is 0.230 e. The Morgan fingerprint density at radius 1 is 1.06 bits per heavy atom. The summed E-state index contributed by atoms with van der Waals surface area (Å²) in [4.78, 5) is 10.4. The first kappa shape index (κ1) is 22.6. The second-order valence-corrected chi connectivity index (χ2v) is 9.58. The molecule has 1 aliphatic heterocycles. The molecule has 4 heterocycles. The molecule has 2 aromatic carbocycles. The van der Waals surface area contributed by atoms with Crippen molar-refractivity contribution in [3.63, 3.8) is 0 Å². The van der Waals surface area contributed by atoms with E-state index >= 15 is 0 Å². The maximum absolute atomic E-state index is 14.3. The zero-order valence-electron chi connectivity index (χ0n) is 19.5. The molecule has 5 aromatic rings. The third-order valence-corrected chi connectivity index (χ3v) is 7.54. The number of furan rings is 1. The minimum atomic E-state index is -0.334. The van der Waals surface area contributed by atoms with E-state index in [1.54, 1.807) is 31.6 Å². The molecular formula is C26H24FN5O3S. The van der Waals surface area contributed by atoms with Crippen LogP contribution in [0.2, 0.25) is 0 Å². The number of thiazole rings is 1. The zero-order valence-corrected chi connectivity index (χ0v) is 20.4. The van der Waals surface area contributed by atoms with Gasteiger partial charge in [0.15, 0.2) is 5.76 Å². The van der Waals surface area contributed by atoms with E-state index in [0.29, 0.717) is 21.4 Å². The van der Waals surface area contributed by atoms with Gasteiger partial charge in [-0.15, -0.1) is 5.10 Å². The zero-order chi connectivity index (χ0) is 24.6. The average molecular weight is 506 g/mol. The Labute approximate surface area is 210 Å². The van der Waals surface area contributed by atoms with Gasteiger partial charge in [-0.1, -0.05) is 23.5 Å². The molecule has 0 radical (unpaired) electrons. The van der Waals surface area contributed by atoms with Crippen LogP contribution in [0.1, 0.15) is 16.5 Å². The fraction of sp³-hybridized carbons (Fsp3) is 0.231. The molecule has 1 N–H and O–H groups in total. The summed E-state index contributed by atoms with van der Waals surface area (Å²) in [6.45, 7) is 3.06. The van der Waals surface area contributed by atoms with Crippen LogP contribution in [-0.4, -0.2) is 57.9 Å². The van der Waals surface area contributed by atoms with Crippen LogP contribution < -0.4 is 9.64 Å². The predicted molar refractivity (Wildman–Crippen MR) is 135 cm³/mol. The average Bonchev–Trinajstić information content (AvgIpc) is 3.64. The van der Waals surface area contributed by atoms with E-state index in [4.69, 9.17) is 9.15 Å². The van der Waals surface area contributed by atoms with Crippen LogP contribution in [-0.2, 0) is 0 Å². The Morgan fingerprint density at radius 3 is 2.53 bits per heavy atom. The van der Waals surface area contributed by atoms with Crippen LogP contribution in [0.15, 0.2) is 71.3 Å². The molecule has 0 unspecified atom stereocenters. The van der Waals surface area contributed by atoms with Gasteiger partial charge in [-0.3, -0.25) is 4.90 Å². The third kappa shape index (κ3) is 4.08. The Hall–Kier alpha value is -3.89. The van der Waals surface area contributed by atoms with E-state index in [-0.39, 0.29) is 17.7 Å². The van der Waals surface area contributed by atoms with Crippen molar-refractivity contribution in [1.82, 2.24) is 19.5 Å². The van der Waals surface area contributed by atoms with Gasteiger partial charge in [0.25, 0.3) is 0 Å². The fourth-order valence-corrected chi connectivity index (χ4v) is 5.79. The summed E-state index contributed by atoms with van der Waals surface area (Å²) in [5, 5.41) is 15.7. The van der Waals surface area contributed by atoms with Gasteiger partial charge < -0.3 is 19.2 Å². The van der Waals surface area contributed by atoms with Crippen molar-refractivity contribution in [2.45, 2.75) is 6.04 Å². The number of aromatic hydroxyl groups is 1. The summed E-state index contributed by atoms with van der Waals surface area (Å²) in [6.07, 6.45) is 1.56. The molecule has 10 heteroatoms. The Bertz CT molecular complexity index is 1470. The third-order valence-electron chi connectivity index (χ3n) is 6.47. The van der Waals surface area contributed by atoms with Crippen molar-refractivity contribution in [2.24, 2.45) is 0 Å². The molecule has 36 heavy (non-hydrogen) atoms. The van der Waals surface area contributed by atoms with Gasteiger partial charge in [0, 0.05) is 31.9 Å². The number of ether oxygens (including phenoxy) is 1. The molecule has 0 amide bonds. The summed E-state index contributed by atoms with van der Waals surface area (Å²) in [7, 11) is 1.66. The molecule has 1 atom stereocenters. The first-order chi connectivity index (χ1) is 17.6. The number of aromatic nitrogens is 3. The standard InChI is InChI=1S/C26H24FN5O3S/c1-34-20-9-7-19(8-10-20)30-11-13-31(14-12-30)22(17-4-2-5-18(27)16-17)23-25(33)32-26(36-23)28-24(29-32)21-6-3-15-35-21/h2-10,15-16,22,33H,11-14H2,1H3/t22-/m1/s1. The quantitative estimate of drug-likeness (QED) is 0.355. The van der Waals surface area contributed by atoms with Crippen LogP contribution in [0.5, 0.6) is 11.6 Å². The van der Waals surface area contributed by atoms with Crippen molar-refractivity contribution in [3.8, 4) is 23.2 Å². The molecule has 1 saturated heterocycles. The maximum atomic E-state index is 14.3. The summed E-state index contributed by atoms with van der Waals surface area (Å²) in [6, 6.07) is 17.8. The fourth-order valence-electron chi connectivity index (χ4n) is 4.67. The van der Waals surface area contributed by atoms with Gasteiger partial charge in [0.2, 0.25) is 16.7 Å². The monoisotopic (exact) mass is 505 g/mol. The molecule has 3 aromatic heterocycles. The van der Waals surface area contributed by atoms with Gasteiger partial charge in [0.05, 0.1) is 24.3 Å². The second-order valence-electron chi connectivity index (χ2n) is 8.58. The van der Waals surface area contributed by atoms with E-state index in [9.17, 15) is 9.50 Å². The van der Waals surface area contributed by atoms with Crippen molar-refractivity contribution in [2.75, 3.05) is 38.2 Å². The highest BCUT2D eigenvalue weighted by molar-refractivity contribution is 7.17. The van der Waals surface area contributed by atoms with Gasteiger partial charge in [0.1, 0.15) is 11.6 Å². The summed E-state index contributed by atoms with van der Waals surface area (Å²) < 4.78 is 26.4.